The highest BCUT2D eigenvalue weighted by Gasteiger charge is 2.17. The first-order valence-electron chi connectivity index (χ1n) is 9.61. The summed E-state index contributed by atoms with van der Waals surface area (Å²) in [5.74, 6) is 3.17. The predicted molar refractivity (Wildman–Crippen MR) is 117 cm³/mol. The lowest BCUT2D eigenvalue weighted by Crippen LogP contribution is -2.00. The van der Waals surface area contributed by atoms with Gasteiger partial charge in [0.15, 0.2) is 11.0 Å². The fourth-order valence-corrected chi connectivity index (χ4v) is 3.94. The molecule has 0 saturated heterocycles. The Bertz CT molecular complexity index is 1100. The predicted octanol–water partition coefficient (Wildman–Crippen LogP) is 4.37. The first-order chi connectivity index (χ1) is 14.7. The Hall–Kier alpha value is -3.26. The minimum Gasteiger partial charge on any atom is -0.497 e. The zero-order chi connectivity index (χ0) is 20.9. The van der Waals surface area contributed by atoms with E-state index in [0.717, 1.165) is 45.0 Å². The van der Waals surface area contributed by atoms with Gasteiger partial charge in [0.1, 0.15) is 11.5 Å². The van der Waals surface area contributed by atoms with Gasteiger partial charge in [-0.2, -0.15) is 5.10 Å². The minimum absolute atomic E-state index is 0.634. The summed E-state index contributed by atoms with van der Waals surface area (Å²) in [5, 5.41) is 14.0. The number of ether oxygens (including phenoxy) is 2. The number of hydrogen-bond acceptors (Lipinski definition) is 6. The highest BCUT2D eigenvalue weighted by atomic mass is 32.2. The molecule has 0 aliphatic carbocycles. The number of thioether (sulfide) groups is 1. The fourth-order valence-electron chi connectivity index (χ4n) is 3.08. The van der Waals surface area contributed by atoms with E-state index in [1.807, 2.05) is 74.9 Å². The average molecular weight is 422 g/mol. The summed E-state index contributed by atoms with van der Waals surface area (Å²) < 4.78 is 14.7. The Morgan fingerprint density at radius 1 is 0.967 bits per heavy atom. The molecule has 4 rings (SSSR count). The molecule has 0 N–H and O–H groups in total. The normalized spacial score (nSPS) is 10.9. The van der Waals surface area contributed by atoms with Crippen molar-refractivity contribution in [3.05, 3.63) is 66.5 Å². The molecule has 0 aliphatic rings. The molecule has 0 aliphatic heterocycles. The summed E-state index contributed by atoms with van der Waals surface area (Å²) in [6.45, 7) is 2.61. The van der Waals surface area contributed by atoms with E-state index in [4.69, 9.17) is 9.47 Å². The fraction of sp³-hybridized carbons (Fsp3) is 0.227. The maximum Gasteiger partial charge on any atom is 0.196 e. The van der Waals surface area contributed by atoms with Crippen LogP contribution in [0.1, 0.15) is 12.5 Å². The lowest BCUT2D eigenvalue weighted by Gasteiger charge is -2.11. The van der Waals surface area contributed by atoms with Gasteiger partial charge in [-0.05, 0) is 55.5 Å². The smallest absolute Gasteiger partial charge is 0.196 e. The van der Waals surface area contributed by atoms with Gasteiger partial charge < -0.3 is 9.47 Å². The van der Waals surface area contributed by atoms with E-state index in [0.29, 0.717) is 6.61 Å². The van der Waals surface area contributed by atoms with Crippen molar-refractivity contribution in [1.82, 2.24) is 24.5 Å². The second kappa shape index (κ2) is 9.04. The molecule has 0 radical (unpaired) electrons. The second-order valence-electron chi connectivity index (χ2n) is 6.61. The first kappa shape index (κ1) is 20.0. The number of nitrogens with zero attached hydrogens (tertiary/aromatic N) is 5. The largest absolute Gasteiger partial charge is 0.497 e. The average Bonchev–Trinajstić information content (AvgIpc) is 3.39. The summed E-state index contributed by atoms with van der Waals surface area (Å²) >= 11 is 1.63. The van der Waals surface area contributed by atoms with Crippen molar-refractivity contribution in [3.63, 3.8) is 0 Å². The Kier molecular flexibility index (Phi) is 6.04. The van der Waals surface area contributed by atoms with Crippen molar-refractivity contribution in [2.45, 2.75) is 17.8 Å². The van der Waals surface area contributed by atoms with Crippen molar-refractivity contribution < 1.29 is 9.47 Å². The molecule has 154 valence electrons. The number of methoxy groups -OCH3 is 1. The maximum absolute atomic E-state index is 5.59. The molecule has 4 aromatic rings. The number of benzene rings is 2. The van der Waals surface area contributed by atoms with Crippen LogP contribution in [-0.2, 0) is 12.8 Å². The van der Waals surface area contributed by atoms with E-state index in [1.165, 1.54) is 0 Å². The van der Waals surface area contributed by atoms with Gasteiger partial charge in [-0.3, -0.25) is 9.25 Å². The topological polar surface area (TPSA) is 67.0 Å². The third-order valence-electron chi connectivity index (χ3n) is 4.51. The molecule has 2 aromatic heterocycles. The SMILES string of the molecule is CCOc1ccc(-n2c(SCc3cnn(C)c3)nnc2-c2ccc(OC)cc2)cc1. The van der Waals surface area contributed by atoms with E-state index in [-0.39, 0.29) is 0 Å². The van der Waals surface area contributed by atoms with Crippen LogP contribution in [0, 0.1) is 0 Å². The van der Waals surface area contributed by atoms with Gasteiger partial charge in [0, 0.05) is 35.8 Å². The van der Waals surface area contributed by atoms with E-state index in [9.17, 15) is 0 Å². The monoisotopic (exact) mass is 421 g/mol. The van der Waals surface area contributed by atoms with E-state index in [1.54, 1.807) is 23.6 Å². The number of aromatic nitrogens is 5. The number of aryl methyl sites for hydroxylation is 1. The van der Waals surface area contributed by atoms with Gasteiger partial charge in [-0.1, -0.05) is 11.8 Å². The van der Waals surface area contributed by atoms with Crippen LogP contribution in [0.25, 0.3) is 17.1 Å². The molecule has 2 heterocycles. The van der Waals surface area contributed by atoms with Crippen molar-refractivity contribution in [3.8, 4) is 28.6 Å². The highest BCUT2D eigenvalue weighted by molar-refractivity contribution is 7.98. The molecule has 2 aromatic carbocycles. The molecule has 7 nitrogen and oxygen atoms in total. The molecule has 30 heavy (non-hydrogen) atoms. The molecule has 0 saturated carbocycles. The van der Waals surface area contributed by atoms with Gasteiger partial charge in [-0.15, -0.1) is 10.2 Å². The minimum atomic E-state index is 0.634. The lowest BCUT2D eigenvalue weighted by atomic mass is 10.2. The lowest BCUT2D eigenvalue weighted by molar-refractivity contribution is 0.340. The molecule has 0 fully saturated rings. The molecular formula is C22H23N5O2S. The molecule has 8 heteroatoms. The first-order valence-corrected chi connectivity index (χ1v) is 10.6. The third-order valence-corrected chi connectivity index (χ3v) is 5.51. The van der Waals surface area contributed by atoms with Crippen molar-refractivity contribution >= 4 is 11.8 Å². The summed E-state index contributed by atoms with van der Waals surface area (Å²) in [5.41, 5.74) is 3.07. The number of rotatable bonds is 8. The summed E-state index contributed by atoms with van der Waals surface area (Å²) in [6, 6.07) is 15.8. The van der Waals surface area contributed by atoms with Crippen LogP contribution in [-0.4, -0.2) is 38.3 Å². The Morgan fingerprint density at radius 3 is 2.33 bits per heavy atom. The standard InChI is InChI=1S/C22H23N5O2S/c1-4-29-20-11-7-18(8-12-20)27-21(17-5-9-19(28-3)10-6-17)24-25-22(27)30-15-16-13-23-26(2)14-16/h5-14H,4,15H2,1-3H3. The summed E-state index contributed by atoms with van der Waals surface area (Å²) in [4.78, 5) is 0. The van der Waals surface area contributed by atoms with Crippen LogP contribution in [0.4, 0.5) is 0 Å². The van der Waals surface area contributed by atoms with Crippen LogP contribution in [0.2, 0.25) is 0 Å². The highest BCUT2D eigenvalue weighted by Crippen LogP contribution is 2.31. The van der Waals surface area contributed by atoms with E-state index < -0.39 is 0 Å². The van der Waals surface area contributed by atoms with Crippen molar-refractivity contribution in [2.24, 2.45) is 7.05 Å². The summed E-state index contributed by atoms with van der Waals surface area (Å²) in [7, 11) is 3.57. The Balaban J connectivity index is 1.70. The third kappa shape index (κ3) is 4.33. The summed E-state index contributed by atoms with van der Waals surface area (Å²) in [6.07, 6.45) is 3.88. The molecule has 0 amide bonds. The second-order valence-corrected chi connectivity index (χ2v) is 7.55. The van der Waals surface area contributed by atoms with Crippen LogP contribution < -0.4 is 9.47 Å². The van der Waals surface area contributed by atoms with Crippen LogP contribution in [0.5, 0.6) is 11.5 Å². The molecular weight excluding hydrogens is 398 g/mol. The maximum atomic E-state index is 5.59. The molecule has 0 spiro atoms. The quantitative estimate of drug-likeness (QED) is 0.394. The van der Waals surface area contributed by atoms with Crippen molar-refractivity contribution in [1.29, 1.82) is 0 Å². The number of hydrogen-bond donors (Lipinski definition) is 0. The molecule has 0 bridgehead atoms. The van der Waals surface area contributed by atoms with E-state index in [2.05, 4.69) is 19.9 Å². The van der Waals surface area contributed by atoms with Gasteiger partial charge >= 0.3 is 0 Å². The molecule has 0 atom stereocenters. The molecule has 0 unspecified atom stereocenters. The Labute approximate surface area is 179 Å². The van der Waals surface area contributed by atoms with Gasteiger partial charge in [-0.25, -0.2) is 0 Å². The van der Waals surface area contributed by atoms with Gasteiger partial charge in [0.25, 0.3) is 0 Å². The zero-order valence-electron chi connectivity index (χ0n) is 17.1. The zero-order valence-corrected chi connectivity index (χ0v) is 18.0. The van der Waals surface area contributed by atoms with Crippen LogP contribution in [0.3, 0.4) is 0 Å². The van der Waals surface area contributed by atoms with Gasteiger partial charge in [0.2, 0.25) is 0 Å². The van der Waals surface area contributed by atoms with Crippen molar-refractivity contribution in [2.75, 3.05) is 13.7 Å². The van der Waals surface area contributed by atoms with Crippen LogP contribution >= 0.6 is 11.8 Å². The van der Waals surface area contributed by atoms with Gasteiger partial charge in [0.05, 0.1) is 19.9 Å². The Morgan fingerprint density at radius 2 is 1.70 bits per heavy atom. The van der Waals surface area contributed by atoms with Crippen LogP contribution in [0.15, 0.2) is 66.1 Å². The van der Waals surface area contributed by atoms with E-state index >= 15 is 0 Å².